The molecule has 0 bridgehead atoms. The Morgan fingerprint density at radius 3 is 1.88 bits per heavy atom. The van der Waals surface area contributed by atoms with Crippen LogP contribution in [-0.2, 0) is 4.57 Å². The maximum absolute atomic E-state index is 10.1. The summed E-state index contributed by atoms with van der Waals surface area (Å²) in [4.78, 5) is 16.4. The number of hydrogen-bond donors (Lipinski definition) is 2. The summed E-state index contributed by atoms with van der Waals surface area (Å²) in [5, 5.41) is 0. The molecule has 0 aromatic carbocycles. The molecule has 0 radical (unpaired) electrons. The minimum atomic E-state index is -3.88. The largest absolute Gasteiger partial charge is 0.348 e. The van der Waals surface area contributed by atoms with Gasteiger partial charge in [0.25, 0.3) is 0 Å². The molecular formula is C4H9O3P. The van der Waals surface area contributed by atoms with Crippen molar-refractivity contribution >= 4 is 7.60 Å². The molecule has 0 saturated carbocycles. The Morgan fingerprint density at radius 1 is 1.50 bits per heavy atom. The monoisotopic (exact) mass is 136 g/mol. The maximum Gasteiger partial charge on any atom is 0.348 e. The van der Waals surface area contributed by atoms with Gasteiger partial charge in [0.15, 0.2) is 0 Å². The van der Waals surface area contributed by atoms with Crippen LogP contribution in [0.15, 0.2) is 11.4 Å². The summed E-state index contributed by atoms with van der Waals surface area (Å²) in [5.41, 5.74) is 0.637. The van der Waals surface area contributed by atoms with Crippen LogP contribution in [0.2, 0.25) is 0 Å². The van der Waals surface area contributed by atoms with Crippen LogP contribution in [0.3, 0.4) is 0 Å². The van der Waals surface area contributed by atoms with Crippen LogP contribution in [0, 0.1) is 0 Å². The molecule has 0 fully saturated rings. The Bertz CT molecular complexity index is 139. The third-order valence-electron chi connectivity index (χ3n) is 0.426. The van der Waals surface area contributed by atoms with E-state index in [0.717, 1.165) is 5.82 Å². The lowest BCUT2D eigenvalue weighted by Crippen LogP contribution is -1.70. The summed E-state index contributed by atoms with van der Waals surface area (Å²) < 4.78 is 10.1. The highest BCUT2D eigenvalue weighted by atomic mass is 31.2. The van der Waals surface area contributed by atoms with Crippen molar-refractivity contribution in [1.29, 1.82) is 0 Å². The summed E-state index contributed by atoms with van der Waals surface area (Å²) in [6, 6.07) is 0. The Balaban J connectivity index is 4.11. The van der Waals surface area contributed by atoms with E-state index >= 15 is 0 Å². The SMILES string of the molecule is CC(C)=CP(=O)(O)O. The fourth-order valence-electron chi connectivity index (χ4n) is 0.336. The maximum atomic E-state index is 10.1. The molecule has 0 atom stereocenters. The van der Waals surface area contributed by atoms with E-state index in [1.54, 1.807) is 13.8 Å². The lowest BCUT2D eigenvalue weighted by Gasteiger charge is -1.93. The third-order valence-corrected chi connectivity index (χ3v) is 1.28. The van der Waals surface area contributed by atoms with Gasteiger partial charge < -0.3 is 9.79 Å². The van der Waals surface area contributed by atoms with Crippen LogP contribution in [-0.4, -0.2) is 9.79 Å². The van der Waals surface area contributed by atoms with Crippen molar-refractivity contribution in [3.8, 4) is 0 Å². The normalized spacial score (nSPS) is 11.0. The van der Waals surface area contributed by atoms with Gasteiger partial charge in [-0.3, -0.25) is 4.57 Å². The first kappa shape index (κ1) is 7.89. The van der Waals surface area contributed by atoms with Crippen molar-refractivity contribution in [2.45, 2.75) is 13.8 Å². The van der Waals surface area contributed by atoms with Crippen LogP contribution < -0.4 is 0 Å². The number of allylic oxidation sites excluding steroid dienone is 1. The Kier molecular flexibility index (Phi) is 2.41. The average Bonchev–Trinajstić information content (AvgIpc) is 1.21. The van der Waals surface area contributed by atoms with E-state index in [-0.39, 0.29) is 0 Å². The van der Waals surface area contributed by atoms with Gasteiger partial charge in [-0.05, 0) is 13.8 Å². The zero-order chi connectivity index (χ0) is 6.78. The van der Waals surface area contributed by atoms with Crippen LogP contribution >= 0.6 is 7.60 Å². The van der Waals surface area contributed by atoms with Gasteiger partial charge in [-0.15, -0.1) is 0 Å². The molecule has 0 spiro atoms. The molecule has 4 heteroatoms. The molecule has 0 heterocycles. The van der Waals surface area contributed by atoms with Crippen molar-refractivity contribution in [3.63, 3.8) is 0 Å². The predicted molar refractivity (Wildman–Crippen MR) is 31.5 cm³/mol. The van der Waals surface area contributed by atoms with Crippen molar-refractivity contribution in [2.24, 2.45) is 0 Å². The second kappa shape index (κ2) is 2.44. The first-order valence-electron chi connectivity index (χ1n) is 2.13. The van der Waals surface area contributed by atoms with Gasteiger partial charge in [0, 0.05) is 5.82 Å². The zero-order valence-electron chi connectivity index (χ0n) is 4.83. The van der Waals surface area contributed by atoms with E-state index in [1.165, 1.54) is 0 Å². The standard InChI is InChI=1S/C4H9O3P/c1-4(2)3-8(5,6)7/h3H,1-2H3,(H2,5,6,7). The lowest BCUT2D eigenvalue weighted by atomic mass is 10.4. The fourth-order valence-corrected chi connectivity index (χ4v) is 1.01. The molecule has 3 nitrogen and oxygen atoms in total. The van der Waals surface area contributed by atoms with E-state index < -0.39 is 7.60 Å². The molecule has 0 aromatic rings. The second-order valence-corrected chi connectivity index (χ2v) is 3.23. The van der Waals surface area contributed by atoms with E-state index in [1.807, 2.05) is 0 Å². The summed E-state index contributed by atoms with van der Waals surface area (Å²) in [5.74, 6) is 0.938. The van der Waals surface area contributed by atoms with Crippen LogP contribution in [0.1, 0.15) is 13.8 Å². The number of hydrogen-bond acceptors (Lipinski definition) is 1. The van der Waals surface area contributed by atoms with Gasteiger partial charge in [-0.1, -0.05) is 5.57 Å². The molecule has 0 aromatic heterocycles. The Labute approximate surface area is 48.2 Å². The molecule has 0 rings (SSSR count). The first-order valence-corrected chi connectivity index (χ1v) is 3.81. The quantitative estimate of drug-likeness (QED) is 0.530. The molecule has 0 amide bonds. The van der Waals surface area contributed by atoms with E-state index in [4.69, 9.17) is 9.79 Å². The van der Waals surface area contributed by atoms with Gasteiger partial charge >= 0.3 is 7.60 Å². The van der Waals surface area contributed by atoms with Crippen LogP contribution in [0.25, 0.3) is 0 Å². The Hall–Kier alpha value is -0.110. The minimum absolute atomic E-state index is 0.637. The highest BCUT2D eigenvalue weighted by Crippen LogP contribution is 2.37. The molecule has 48 valence electrons. The highest BCUT2D eigenvalue weighted by molar-refractivity contribution is 7.55. The van der Waals surface area contributed by atoms with Crippen LogP contribution in [0.5, 0.6) is 0 Å². The molecular weight excluding hydrogens is 127 g/mol. The summed E-state index contributed by atoms with van der Waals surface area (Å²) in [7, 11) is -3.88. The molecule has 2 N–H and O–H groups in total. The molecule has 0 unspecified atom stereocenters. The third kappa shape index (κ3) is 5.89. The predicted octanol–water partition coefficient (Wildman–Crippen LogP) is 1.09. The molecule has 8 heavy (non-hydrogen) atoms. The zero-order valence-corrected chi connectivity index (χ0v) is 5.72. The molecule has 0 aliphatic carbocycles. The lowest BCUT2D eigenvalue weighted by molar-refractivity contribution is 0.386. The summed E-state index contributed by atoms with van der Waals surface area (Å²) >= 11 is 0. The Morgan fingerprint density at radius 2 is 1.88 bits per heavy atom. The average molecular weight is 136 g/mol. The first-order chi connectivity index (χ1) is 3.42. The van der Waals surface area contributed by atoms with Crippen molar-refractivity contribution in [2.75, 3.05) is 0 Å². The van der Waals surface area contributed by atoms with Gasteiger partial charge in [-0.25, -0.2) is 0 Å². The van der Waals surface area contributed by atoms with Gasteiger partial charge in [-0.2, -0.15) is 0 Å². The smallest absolute Gasteiger partial charge is 0.321 e. The van der Waals surface area contributed by atoms with Crippen molar-refractivity contribution < 1.29 is 14.4 Å². The highest BCUT2D eigenvalue weighted by Gasteiger charge is 2.05. The number of rotatable bonds is 1. The van der Waals surface area contributed by atoms with Gasteiger partial charge in [0.05, 0.1) is 0 Å². The summed E-state index contributed by atoms with van der Waals surface area (Å²) in [6.45, 7) is 3.28. The molecule has 0 aliphatic rings. The van der Waals surface area contributed by atoms with E-state index in [9.17, 15) is 4.57 Å². The molecule has 0 aliphatic heterocycles. The van der Waals surface area contributed by atoms with Gasteiger partial charge in [0.1, 0.15) is 0 Å². The van der Waals surface area contributed by atoms with E-state index in [2.05, 4.69) is 0 Å². The van der Waals surface area contributed by atoms with E-state index in [0.29, 0.717) is 5.57 Å². The van der Waals surface area contributed by atoms with Crippen LogP contribution in [0.4, 0.5) is 0 Å². The summed E-state index contributed by atoms with van der Waals surface area (Å²) in [6.07, 6.45) is 0. The fraction of sp³-hybridized carbons (Fsp3) is 0.500. The van der Waals surface area contributed by atoms with Crippen molar-refractivity contribution in [1.82, 2.24) is 0 Å². The van der Waals surface area contributed by atoms with Gasteiger partial charge in [0.2, 0.25) is 0 Å². The molecule has 0 saturated heterocycles. The van der Waals surface area contributed by atoms with Crippen molar-refractivity contribution in [3.05, 3.63) is 11.4 Å². The topological polar surface area (TPSA) is 57.5 Å². The second-order valence-electron chi connectivity index (χ2n) is 1.80. The minimum Gasteiger partial charge on any atom is -0.321 e.